The van der Waals surface area contributed by atoms with Crippen molar-refractivity contribution in [3.05, 3.63) is 58.4 Å². The van der Waals surface area contributed by atoms with E-state index in [1.807, 2.05) is 31.4 Å². The van der Waals surface area contributed by atoms with Gasteiger partial charge in [-0.2, -0.15) is 0 Å². The van der Waals surface area contributed by atoms with E-state index in [1.54, 1.807) is 30.3 Å². The first-order valence-electron chi connectivity index (χ1n) is 7.60. The maximum absolute atomic E-state index is 12.9. The summed E-state index contributed by atoms with van der Waals surface area (Å²) >= 11 is 1.52. The highest BCUT2D eigenvalue weighted by Gasteiger charge is 2.21. The van der Waals surface area contributed by atoms with E-state index in [-0.39, 0.29) is 10.6 Å². The summed E-state index contributed by atoms with van der Waals surface area (Å²) in [6.07, 6.45) is 0. The lowest BCUT2D eigenvalue weighted by Gasteiger charge is -2.14. The molecule has 25 heavy (non-hydrogen) atoms. The van der Waals surface area contributed by atoms with Gasteiger partial charge in [-0.05, 0) is 43.7 Å². The Morgan fingerprint density at radius 1 is 1.12 bits per heavy atom. The van der Waals surface area contributed by atoms with Gasteiger partial charge in [-0.25, -0.2) is 13.4 Å². The van der Waals surface area contributed by atoms with Gasteiger partial charge in [-0.1, -0.05) is 18.2 Å². The number of thiazole rings is 1. The minimum atomic E-state index is -3.80. The molecule has 0 saturated carbocycles. The summed E-state index contributed by atoms with van der Waals surface area (Å²) in [5.74, 6) is 0.289. The number of aromatic nitrogens is 1. The van der Waals surface area contributed by atoms with Gasteiger partial charge in [-0.15, -0.1) is 11.3 Å². The first-order valence-corrected chi connectivity index (χ1v) is 9.96. The van der Waals surface area contributed by atoms with Crippen LogP contribution in [-0.4, -0.2) is 20.5 Å². The van der Waals surface area contributed by atoms with Crippen molar-refractivity contribution >= 4 is 27.0 Å². The average molecular weight is 374 g/mol. The molecule has 1 heterocycles. The van der Waals surface area contributed by atoms with E-state index in [9.17, 15) is 8.42 Å². The molecule has 5 nitrogen and oxygen atoms in total. The summed E-state index contributed by atoms with van der Waals surface area (Å²) < 4.78 is 33.7. The molecule has 0 spiro atoms. The van der Waals surface area contributed by atoms with Gasteiger partial charge in [0.15, 0.2) is 0 Å². The van der Waals surface area contributed by atoms with E-state index in [1.165, 1.54) is 18.4 Å². The van der Waals surface area contributed by atoms with Crippen LogP contribution in [0.3, 0.4) is 0 Å². The molecule has 1 aromatic heterocycles. The third kappa shape index (κ3) is 3.67. The maximum Gasteiger partial charge on any atom is 0.265 e. The molecule has 3 rings (SSSR count). The van der Waals surface area contributed by atoms with Crippen LogP contribution < -0.4 is 9.46 Å². The molecule has 0 unspecified atom stereocenters. The molecule has 130 valence electrons. The van der Waals surface area contributed by atoms with Crippen LogP contribution in [0.1, 0.15) is 10.6 Å². The van der Waals surface area contributed by atoms with Crippen molar-refractivity contribution < 1.29 is 13.2 Å². The molecule has 0 aliphatic rings. The Kier molecular flexibility index (Phi) is 4.78. The van der Waals surface area contributed by atoms with E-state index < -0.39 is 10.0 Å². The molecule has 0 bridgehead atoms. The van der Waals surface area contributed by atoms with Crippen LogP contribution in [-0.2, 0) is 10.0 Å². The molecule has 0 radical (unpaired) electrons. The van der Waals surface area contributed by atoms with E-state index in [4.69, 9.17) is 4.74 Å². The third-order valence-corrected chi connectivity index (χ3v) is 5.92. The Morgan fingerprint density at radius 3 is 2.52 bits per heavy atom. The minimum Gasteiger partial charge on any atom is -0.495 e. The summed E-state index contributed by atoms with van der Waals surface area (Å²) in [6, 6.07) is 12.3. The highest BCUT2D eigenvalue weighted by molar-refractivity contribution is 7.92. The number of nitrogens with zero attached hydrogens (tertiary/aromatic N) is 1. The lowest BCUT2D eigenvalue weighted by atomic mass is 10.2. The molecule has 0 amide bonds. The van der Waals surface area contributed by atoms with Crippen molar-refractivity contribution in [2.75, 3.05) is 11.8 Å². The second-order valence-corrected chi connectivity index (χ2v) is 8.25. The van der Waals surface area contributed by atoms with Gasteiger partial charge in [0.05, 0.1) is 23.5 Å². The first kappa shape index (κ1) is 17.4. The van der Waals surface area contributed by atoms with Gasteiger partial charge < -0.3 is 4.74 Å². The van der Waals surface area contributed by atoms with Crippen LogP contribution in [0.5, 0.6) is 5.75 Å². The smallest absolute Gasteiger partial charge is 0.265 e. The topological polar surface area (TPSA) is 68.3 Å². The molecule has 0 aliphatic heterocycles. The molecule has 0 atom stereocenters. The quantitative estimate of drug-likeness (QED) is 0.725. The second-order valence-electron chi connectivity index (χ2n) is 5.54. The molecular weight excluding hydrogens is 356 g/mol. The number of methoxy groups -OCH3 is 1. The zero-order chi connectivity index (χ0) is 18.0. The first-order chi connectivity index (χ1) is 11.9. The van der Waals surface area contributed by atoms with Crippen LogP contribution >= 0.6 is 11.3 Å². The fraction of sp³-hybridized carbons (Fsp3) is 0.167. The van der Waals surface area contributed by atoms with Gasteiger partial charge in [0.25, 0.3) is 10.0 Å². The lowest BCUT2D eigenvalue weighted by Crippen LogP contribution is -2.15. The minimum absolute atomic E-state index is 0.0846. The van der Waals surface area contributed by atoms with Crippen LogP contribution in [0.4, 0.5) is 5.69 Å². The number of ether oxygens (including phenoxy) is 1. The fourth-order valence-corrected chi connectivity index (χ4v) is 4.38. The van der Waals surface area contributed by atoms with Gasteiger partial charge in [0.1, 0.15) is 10.6 Å². The zero-order valence-corrected chi connectivity index (χ0v) is 15.7. The Balaban J connectivity index is 2.06. The van der Waals surface area contributed by atoms with E-state index >= 15 is 0 Å². The molecule has 7 heteroatoms. The Bertz CT molecular complexity index is 1010. The van der Waals surface area contributed by atoms with Gasteiger partial charge in [0.2, 0.25) is 0 Å². The second kappa shape index (κ2) is 6.85. The highest BCUT2D eigenvalue weighted by atomic mass is 32.2. The average Bonchev–Trinajstić information content (AvgIpc) is 3.02. The lowest BCUT2D eigenvalue weighted by molar-refractivity contribution is 0.403. The molecule has 0 saturated heterocycles. The monoisotopic (exact) mass is 374 g/mol. The van der Waals surface area contributed by atoms with Crippen molar-refractivity contribution in [3.8, 4) is 17.0 Å². The molecule has 3 aromatic rings. The van der Waals surface area contributed by atoms with Crippen molar-refractivity contribution in [3.63, 3.8) is 0 Å². The number of rotatable bonds is 5. The van der Waals surface area contributed by atoms with Crippen molar-refractivity contribution in [2.24, 2.45) is 0 Å². The van der Waals surface area contributed by atoms with Crippen molar-refractivity contribution in [1.29, 1.82) is 0 Å². The van der Waals surface area contributed by atoms with Crippen LogP contribution in [0.15, 0.2) is 52.7 Å². The van der Waals surface area contributed by atoms with E-state index in [0.717, 1.165) is 21.8 Å². The van der Waals surface area contributed by atoms with Crippen LogP contribution in [0.2, 0.25) is 0 Å². The Labute approximate surface area is 151 Å². The van der Waals surface area contributed by atoms with Crippen LogP contribution in [0.25, 0.3) is 11.3 Å². The van der Waals surface area contributed by atoms with E-state index in [0.29, 0.717) is 5.69 Å². The fourth-order valence-electron chi connectivity index (χ4n) is 2.43. The summed E-state index contributed by atoms with van der Waals surface area (Å²) in [6.45, 7) is 3.76. The summed E-state index contributed by atoms with van der Waals surface area (Å²) in [7, 11) is -2.35. The number of aryl methyl sites for hydroxylation is 2. The predicted molar refractivity (Wildman–Crippen MR) is 101 cm³/mol. The number of nitrogens with one attached hydrogen (secondary N) is 1. The predicted octanol–water partition coefficient (Wildman–Crippen LogP) is 4.24. The Morgan fingerprint density at radius 2 is 1.88 bits per heavy atom. The van der Waals surface area contributed by atoms with Crippen LogP contribution in [0, 0.1) is 13.8 Å². The molecular formula is C18H18N2O3S2. The number of hydrogen-bond acceptors (Lipinski definition) is 5. The Hall–Kier alpha value is -2.38. The van der Waals surface area contributed by atoms with Crippen molar-refractivity contribution in [2.45, 2.75) is 18.7 Å². The van der Waals surface area contributed by atoms with E-state index in [2.05, 4.69) is 9.71 Å². The number of anilines is 1. The molecule has 0 fully saturated rings. The standard InChI is InChI=1S/C18H18N2O3S2/c1-12-6-4-5-7-15(12)20-25(21,22)18-10-14(8-9-17(18)23-3)16-11-24-13(2)19-16/h4-11,20H,1-3H3. The SMILES string of the molecule is COc1ccc(-c2csc(C)n2)cc1S(=O)(=O)Nc1ccccc1C. The number of sulfonamides is 1. The molecule has 1 N–H and O–H groups in total. The van der Waals surface area contributed by atoms with Gasteiger partial charge in [-0.3, -0.25) is 4.72 Å². The largest absolute Gasteiger partial charge is 0.495 e. The summed E-state index contributed by atoms with van der Waals surface area (Å²) in [5.41, 5.74) is 2.86. The zero-order valence-electron chi connectivity index (χ0n) is 14.1. The maximum atomic E-state index is 12.9. The number of benzene rings is 2. The van der Waals surface area contributed by atoms with Gasteiger partial charge >= 0.3 is 0 Å². The normalized spacial score (nSPS) is 11.3. The summed E-state index contributed by atoms with van der Waals surface area (Å²) in [4.78, 5) is 4.50. The number of hydrogen-bond donors (Lipinski definition) is 1. The highest BCUT2D eigenvalue weighted by Crippen LogP contribution is 2.32. The third-order valence-electron chi connectivity index (χ3n) is 3.76. The van der Waals surface area contributed by atoms with Gasteiger partial charge in [0, 0.05) is 10.9 Å². The molecule has 0 aliphatic carbocycles. The number of para-hydroxylation sites is 1. The summed E-state index contributed by atoms with van der Waals surface area (Å²) in [5, 5.41) is 2.83. The molecule has 2 aromatic carbocycles. The van der Waals surface area contributed by atoms with Crippen molar-refractivity contribution in [1.82, 2.24) is 4.98 Å².